The lowest BCUT2D eigenvalue weighted by Gasteiger charge is -2.17. The van der Waals surface area contributed by atoms with E-state index in [0.717, 1.165) is 29.7 Å². The van der Waals surface area contributed by atoms with Crippen LogP contribution in [0.15, 0.2) is 42.7 Å². The van der Waals surface area contributed by atoms with Crippen molar-refractivity contribution in [2.75, 3.05) is 0 Å². The first kappa shape index (κ1) is 19.3. The van der Waals surface area contributed by atoms with E-state index in [1.165, 1.54) is 12.3 Å². The van der Waals surface area contributed by atoms with Gasteiger partial charge in [0.25, 0.3) is 0 Å². The second-order valence-electron chi connectivity index (χ2n) is 6.73. The summed E-state index contributed by atoms with van der Waals surface area (Å²) in [5.41, 5.74) is 2.13. The number of benzene rings is 1. The lowest BCUT2D eigenvalue weighted by atomic mass is 9.97. The summed E-state index contributed by atoms with van der Waals surface area (Å²) >= 11 is 0. The van der Waals surface area contributed by atoms with Crippen molar-refractivity contribution in [2.45, 2.75) is 31.5 Å². The fraction of sp³-hybridized carbons (Fsp3) is 0.250. The largest absolute Gasteiger partial charge is 0.416 e. The van der Waals surface area contributed by atoms with E-state index >= 15 is 0 Å². The van der Waals surface area contributed by atoms with Crippen molar-refractivity contribution in [1.82, 2.24) is 15.2 Å². The van der Waals surface area contributed by atoms with Gasteiger partial charge in [-0.25, -0.2) is 5.26 Å². The minimum atomic E-state index is -4.57. The van der Waals surface area contributed by atoms with Gasteiger partial charge in [0.15, 0.2) is 5.75 Å². The highest BCUT2D eigenvalue weighted by Gasteiger charge is 2.33. The zero-order valence-corrected chi connectivity index (χ0v) is 15.0. The normalized spacial score (nSPS) is 14.5. The molecule has 6 nitrogen and oxygen atoms in total. The van der Waals surface area contributed by atoms with Gasteiger partial charge in [0.2, 0.25) is 0 Å². The van der Waals surface area contributed by atoms with E-state index in [1.807, 2.05) is 0 Å². The molecule has 1 aliphatic carbocycles. The molecule has 1 aliphatic rings. The van der Waals surface area contributed by atoms with Crippen LogP contribution >= 0.6 is 0 Å². The van der Waals surface area contributed by atoms with Gasteiger partial charge in [-0.15, -0.1) is 5.10 Å². The van der Waals surface area contributed by atoms with Gasteiger partial charge in [0.1, 0.15) is 11.8 Å². The Kier molecular flexibility index (Phi) is 4.93. The van der Waals surface area contributed by atoms with E-state index in [9.17, 15) is 18.3 Å². The second kappa shape index (κ2) is 7.41. The van der Waals surface area contributed by atoms with Crippen LogP contribution in [0.5, 0.6) is 5.75 Å². The molecule has 29 heavy (non-hydrogen) atoms. The SMILES string of the molecule is OOc1cc(C(F)(F)F)ccc1-c1nnc(C(O)c2cccnc2)c2c1CCC2. The monoisotopic (exact) mass is 403 g/mol. The smallest absolute Gasteiger partial charge is 0.382 e. The summed E-state index contributed by atoms with van der Waals surface area (Å²) in [7, 11) is 0. The van der Waals surface area contributed by atoms with Crippen LogP contribution in [-0.2, 0) is 19.0 Å². The number of pyridine rings is 1. The van der Waals surface area contributed by atoms with E-state index < -0.39 is 17.8 Å². The average Bonchev–Trinajstić information content (AvgIpc) is 3.22. The van der Waals surface area contributed by atoms with E-state index in [2.05, 4.69) is 20.1 Å². The number of alkyl halides is 3. The molecule has 0 amide bonds. The Balaban J connectivity index is 1.80. The summed E-state index contributed by atoms with van der Waals surface area (Å²) in [5, 5.41) is 28.2. The van der Waals surface area contributed by atoms with Crippen molar-refractivity contribution in [2.24, 2.45) is 0 Å². The van der Waals surface area contributed by atoms with E-state index in [-0.39, 0.29) is 11.3 Å². The van der Waals surface area contributed by atoms with Crippen LogP contribution in [0.3, 0.4) is 0 Å². The van der Waals surface area contributed by atoms with Gasteiger partial charge in [0, 0.05) is 23.5 Å². The molecule has 1 aromatic carbocycles. The predicted molar refractivity (Wildman–Crippen MR) is 96.1 cm³/mol. The van der Waals surface area contributed by atoms with Crippen LogP contribution in [0.1, 0.15) is 40.5 Å². The Hall–Kier alpha value is -3.04. The van der Waals surface area contributed by atoms with Crippen LogP contribution in [0.4, 0.5) is 13.2 Å². The molecule has 0 aliphatic heterocycles. The molecule has 0 radical (unpaired) electrons. The molecule has 3 aromatic rings. The molecule has 1 atom stereocenters. The van der Waals surface area contributed by atoms with Gasteiger partial charge < -0.3 is 9.99 Å². The molecule has 0 fully saturated rings. The lowest BCUT2D eigenvalue weighted by Crippen LogP contribution is -2.10. The van der Waals surface area contributed by atoms with Gasteiger partial charge in [-0.2, -0.15) is 18.3 Å². The zero-order valence-electron chi connectivity index (χ0n) is 15.0. The van der Waals surface area contributed by atoms with E-state index in [1.54, 1.807) is 18.3 Å². The number of aliphatic hydroxyl groups is 1. The first-order valence-electron chi connectivity index (χ1n) is 8.89. The van der Waals surface area contributed by atoms with Crippen molar-refractivity contribution < 1.29 is 28.4 Å². The van der Waals surface area contributed by atoms with Gasteiger partial charge >= 0.3 is 6.18 Å². The highest BCUT2D eigenvalue weighted by atomic mass is 19.4. The number of aliphatic hydroxyl groups excluding tert-OH is 1. The molecule has 150 valence electrons. The van der Waals surface area contributed by atoms with Crippen molar-refractivity contribution in [3.63, 3.8) is 0 Å². The third-order valence-corrected chi connectivity index (χ3v) is 4.99. The quantitative estimate of drug-likeness (QED) is 0.506. The number of nitrogens with zero attached hydrogens (tertiary/aromatic N) is 3. The molecule has 0 bridgehead atoms. The van der Waals surface area contributed by atoms with Crippen molar-refractivity contribution in [1.29, 1.82) is 0 Å². The summed E-state index contributed by atoms with van der Waals surface area (Å²) in [6.07, 6.45) is -0.390. The molecule has 9 heteroatoms. The number of hydrogen-bond acceptors (Lipinski definition) is 6. The van der Waals surface area contributed by atoms with Crippen LogP contribution in [0.2, 0.25) is 0 Å². The molecule has 0 spiro atoms. The highest BCUT2D eigenvalue weighted by molar-refractivity contribution is 5.72. The van der Waals surface area contributed by atoms with Crippen LogP contribution < -0.4 is 4.89 Å². The maximum Gasteiger partial charge on any atom is 0.416 e. The molecule has 2 N–H and O–H groups in total. The number of halogens is 3. The van der Waals surface area contributed by atoms with Crippen LogP contribution in [0, 0.1) is 0 Å². The highest BCUT2D eigenvalue weighted by Crippen LogP contribution is 2.40. The molecule has 2 aromatic heterocycles. The molecule has 4 rings (SSSR count). The van der Waals surface area contributed by atoms with Crippen molar-refractivity contribution in [3.8, 4) is 17.0 Å². The Morgan fingerprint density at radius 3 is 2.55 bits per heavy atom. The Morgan fingerprint density at radius 2 is 1.86 bits per heavy atom. The summed E-state index contributed by atoms with van der Waals surface area (Å²) in [6, 6.07) is 6.25. The summed E-state index contributed by atoms with van der Waals surface area (Å²) < 4.78 is 38.9. The molecule has 0 saturated heterocycles. The molecular formula is C20H16F3N3O3. The summed E-state index contributed by atoms with van der Waals surface area (Å²) in [4.78, 5) is 8.21. The van der Waals surface area contributed by atoms with Gasteiger partial charge in [-0.05, 0) is 54.7 Å². The molecule has 1 unspecified atom stereocenters. The molecule has 0 saturated carbocycles. The number of fused-ring (bicyclic) bond motifs is 1. The minimum absolute atomic E-state index is 0.202. The van der Waals surface area contributed by atoms with E-state index in [0.29, 0.717) is 29.8 Å². The number of rotatable bonds is 4. The standard InChI is InChI=1S/C20H16F3N3O3/c21-20(22,23)12-6-7-15(16(9-12)29-28)17-13-4-1-5-14(13)18(26-25-17)19(27)11-3-2-8-24-10-11/h2-3,6-10,19,27-28H,1,4-5H2. The Morgan fingerprint density at radius 1 is 1.07 bits per heavy atom. The van der Waals surface area contributed by atoms with Crippen LogP contribution in [0.25, 0.3) is 11.3 Å². The van der Waals surface area contributed by atoms with Gasteiger partial charge in [0.05, 0.1) is 11.3 Å². The maximum atomic E-state index is 13.0. The summed E-state index contributed by atoms with van der Waals surface area (Å²) in [5.74, 6) is -0.358. The van der Waals surface area contributed by atoms with Crippen molar-refractivity contribution in [3.05, 3.63) is 70.7 Å². The number of hydrogen-bond donors (Lipinski definition) is 2. The Bertz CT molecular complexity index is 1040. The third-order valence-electron chi connectivity index (χ3n) is 4.99. The van der Waals surface area contributed by atoms with Crippen molar-refractivity contribution >= 4 is 0 Å². The lowest BCUT2D eigenvalue weighted by molar-refractivity contribution is -0.143. The third kappa shape index (κ3) is 3.54. The maximum absolute atomic E-state index is 13.0. The zero-order chi connectivity index (χ0) is 20.6. The fourth-order valence-electron chi connectivity index (χ4n) is 3.61. The minimum Gasteiger partial charge on any atom is -0.382 e. The van der Waals surface area contributed by atoms with E-state index in [4.69, 9.17) is 5.26 Å². The Labute approximate surface area is 163 Å². The number of aromatic nitrogens is 3. The fourth-order valence-corrected chi connectivity index (χ4v) is 3.61. The van der Waals surface area contributed by atoms with Gasteiger partial charge in [-0.1, -0.05) is 6.07 Å². The predicted octanol–water partition coefficient (Wildman–Crippen LogP) is 3.98. The molecule has 2 heterocycles. The first-order chi connectivity index (χ1) is 13.9. The molecular weight excluding hydrogens is 387 g/mol. The topological polar surface area (TPSA) is 88.4 Å². The summed E-state index contributed by atoms with van der Waals surface area (Å²) in [6.45, 7) is 0. The average molecular weight is 403 g/mol. The van der Waals surface area contributed by atoms with Gasteiger partial charge in [-0.3, -0.25) is 4.98 Å². The van der Waals surface area contributed by atoms with Crippen LogP contribution in [-0.4, -0.2) is 25.5 Å². The second-order valence-corrected chi connectivity index (χ2v) is 6.73. The first-order valence-corrected chi connectivity index (χ1v) is 8.89.